The zero-order valence-corrected chi connectivity index (χ0v) is 18.3. The molecule has 2 aromatic heterocycles. The quantitative estimate of drug-likeness (QED) is 0.498. The summed E-state index contributed by atoms with van der Waals surface area (Å²) in [5, 5.41) is 7.81. The number of benzene rings is 2. The largest absolute Gasteiger partial charge is 0.345 e. The van der Waals surface area contributed by atoms with Crippen molar-refractivity contribution < 1.29 is 4.79 Å². The number of carbonyl (C=O) groups is 1. The highest BCUT2D eigenvalue weighted by Crippen LogP contribution is 2.25. The third-order valence-corrected chi connectivity index (χ3v) is 5.48. The van der Waals surface area contributed by atoms with E-state index in [0.29, 0.717) is 12.2 Å². The van der Waals surface area contributed by atoms with Crippen LogP contribution in [-0.2, 0) is 6.54 Å². The van der Waals surface area contributed by atoms with E-state index in [1.54, 1.807) is 10.9 Å². The number of nitrogens with one attached hydrogen (secondary N) is 1. The van der Waals surface area contributed by atoms with E-state index in [1.165, 1.54) is 16.7 Å². The summed E-state index contributed by atoms with van der Waals surface area (Å²) in [6.45, 7) is 8.62. The second-order valence-corrected chi connectivity index (χ2v) is 7.92. The fourth-order valence-corrected chi connectivity index (χ4v) is 3.58. The molecule has 0 aliphatic rings. The third kappa shape index (κ3) is 4.40. The van der Waals surface area contributed by atoms with Crippen LogP contribution in [0.2, 0.25) is 0 Å². The maximum absolute atomic E-state index is 13.2. The second kappa shape index (κ2) is 8.56. The summed E-state index contributed by atoms with van der Waals surface area (Å²) in [6, 6.07) is 19.9. The smallest absolute Gasteiger partial charge is 0.270 e. The summed E-state index contributed by atoms with van der Waals surface area (Å²) in [4.78, 5) is 17.4. The van der Waals surface area contributed by atoms with Gasteiger partial charge in [0.2, 0.25) is 0 Å². The van der Waals surface area contributed by atoms with Crippen LogP contribution < -0.4 is 5.32 Å². The Morgan fingerprint density at radius 1 is 0.903 bits per heavy atom. The van der Waals surface area contributed by atoms with E-state index in [0.717, 1.165) is 28.2 Å². The first kappa shape index (κ1) is 20.5. The molecule has 0 saturated heterocycles. The van der Waals surface area contributed by atoms with Gasteiger partial charge in [0, 0.05) is 11.8 Å². The van der Waals surface area contributed by atoms with Gasteiger partial charge in [0.15, 0.2) is 0 Å². The Morgan fingerprint density at radius 2 is 1.74 bits per heavy atom. The Morgan fingerprint density at radius 3 is 2.45 bits per heavy atom. The number of amides is 1. The number of hydrogen-bond acceptors (Lipinski definition) is 3. The molecule has 4 rings (SSSR count). The number of pyridine rings is 1. The van der Waals surface area contributed by atoms with E-state index in [4.69, 9.17) is 5.10 Å². The molecule has 5 heteroatoms. The van der Waals surface area contributed by atoms with Gasteiger partial charge in [0.05, 0.1) is 23.6 Å². The molecule has 0 atom stereocenters. The van der Waals surface area contributed by atoms with Crippen LogP contribution in [0.1, 0.15) is 38.4 Å². The highest BCUT2D eigenvalue weighted by molar-refractivity contribution is 5.94. The molecule has 2 heterocycles. The Balaban J connectivity index is 1.75. The Labute approximate surface area is 182 Å². The van der Waals surface area contributed by atoms with Gasteiger partial charge in [-0.3, -0.25) is 9.78 Å². The van der Waals surface area contributed by atoms with E-state index in [-0.39, 0.29) is 5.91 Å². The van der Waals surface area contributed by atoms with Gasteiger partial charge in [0.1, 0.15) is 5.69 Å². The Hall–Kier alpha value is -3.73. The first-order chi connectivity index (χ1) is 14.9. The van der Waals surface area contributed by atoms with Gasteiger partial charge in [-0.15, -0.1) is 0 Å². The van der Waals surface area contributed by atoms with Crippen LogP contribution in [0, 0.1) is 27.7 Å². The van der Waals surface area contributed by atoms with Gasteiger partial charge in [-0.05, 0) is 74.7 Å². The lowest BCUT2D eigenvalue weighted by Gasteiger charge is -2.11. The van der Waals surface area contributed by atoms with Gasteiger partial charge in [-0.25, -0.2) is 4.68 Å². The summed E-state index contributed by atoms with van der Waals surface area (Å²) >= 11 is 0. The molecule has 0 aliphatic heterocycles. The van der Waals surface area contributed by atoms with Crippen molar-refractivity contribution in [3.8, 4) is 16.9 Å². The van der Waals surface area contributed by atoms with Crippen molar-refractivity contribution in [2.24, 2.45) is 0 Å². The Kier molecular flexibility index (Phi) is 5.67. The molecule has 0 saturated carbocycles. The van der Waals surface area contributed by atoms with E-state index < -0.39 is 0 Å². The SMILES string of the molecule is Cc1ccc(-n2nc(-c3ccc(C)c(C)c3)cc2C(=O)NCc2ccccn2)c(C)c1. The predicted molar refractivity (Wildman–Crippen MR) is 123 cm³/mol. The van der Waals surface area contributed by atoms with Crippen LogP contribution >= 0.6 is 0 Å². The molecule has 4 aromatic rings. The molecule has 0 bridgehead atoms. The van der Waals surface area contributed by atoms with Crippen LogP contribution in [0.4, 0.5) is 0 Å². The van der Waals surface area contributed by atoms with Gasteiger partial charge in [0.25, 0.3) is 5.91 Å². The zero-order chi connectivity index (χ0) is 22.0. The van der Waals surface area contributed by atoms with Crippen molar-refractivity contribution >= 4 is 5.91 Å². The predicted octanol–water partition coefficient (Wildman–Crippen LogP) is 5.10. The average molecular weight is 411 g/mol. The standard InChI is InChI=1S/C26H26N4O/c1-17-8-11-24(20(4)13-17)30-25(26(31)28-16-22-7-5-6-12-27-22)15-23(29-30)21-10-9-18(2)19(3)14-21/h5-15H,16H2,1-4H3,(H,28,31). The molecule has 5 nitrogen and oxygen atoms in total. The molecule has 156 valence electrons. The van der Waals surface area contributed by atoms with E-state index >= 15 is 0 Å². The molecule has 31 heavy (non-hydrogen) atoms. The van der Waals surface area contributed by atoms with Gasteiger partial charge >= 0.3 is 0 Å². The molecule has 0 radical (unpaired) electrons. The number of aryl methyl sites for hydroxylation is 4. The fourth-order valence-electron chi connectivity index (χ4n) is 3.58. The number of aromatic nitrogens is 3. The summed E-state index contributed by atoms with van der Waals surface area (Å²) in [5.41, 5.74) is 8.61. The number of rotatable bonds is 5. The topological polar surface area (TPSA) is 59.8 Å². The molecule has 2 aromatic carbocycles. The normalized spacial score (nSPS) is 10.8. The summed E-state index contributed by atoms with van der Waals surface area (Å²) in [5.74, 6) is -0.187. The lowest BCUT2D eigenvalue weighted by Crippen LogP contribution is -2.26. The van der Waals surface area contributed by atoms with Crippen LogP contribution in [0.3, 0.4) is 0 Å². The molecule has 0 fully saturated rings. The monoisotopic (exact) mass is 410 g/mol. The average Bonchev–Trinajstić information content (AvgIpc) is 3.20. The molecule has 1 amide bonds. The van der Waals surface area contributed by atoms with Crippen molar-refractivity contribution in [3.63, 3.8) is 0 Å². The van der Waals surface area contributed by atoms with Gasteiger partial charge in [-0.1, -0.05) is 35.9 Å². The molecule has 0 unspecified atom stereocenters. The summed E-state index contributed by atoms with van der Waals surface area (Å²) in [6.07, 6.45) is 1.72. The van der Waals surface area contributed by atoms with Gasteiger partial charge in [-0.2, -0.15) is 5.10 Å². The van der Waals surface area contributed by atoms with E-state index in [9.17, 15) is 4.79 Å². The van der Waals surface area contributed by atoms with Crippen molar-refractivity contribution in [2.45, 2.75) is 34.2 Å². The minimum atomic E-state index is -0.187. The molecule has 0 spiro atoms. The minimum Gasteiger partial charge on any atom is -0.345 e. The third-order valence-electron chi connectivity index (χ3n) is 5.48. The number of carbonyl (C=O) groups excluding carboxylic acids is 1. The first-order valence-corrected chi connectivity index (χ1v) is 10.4. The summed E-state index contributed by atoms with van der Waals surface area (Å²) < 4.78 is 1.74. The Bertz CT molecular complexity index is 1240. The molecule has 0 aliphatic carbocycles. The highest BCUT2D eigenvalue weighted by atomic mass is 16.2. The van der Waals surface area contributed by atoms with Crippen LogP contribution in [0.15, 0.2) is 66.9 Å². The van der Waals surface area contributed by atoms with Gasteiger partial charge < -0.3 is 5.32 Å². The lowest BCUT2D eigenvalue weighted by atomic mass is 10.0. The lowest BCUT2D eigenvalue weighted by molar-refractivity contribution is 0.0942. The zero-order valence-electron chi connectivity index (χ0n) is 18.3. The van der Waals surface area contributed by atoms with Crippen molar-refractivity contribution in [1.29, 1.82) is 0 Å². The molecular formula is C26H26N4O. The summed E-state index contributed by atoms with van der Waals surface area (Å²) in [7, 11) is 0. The number of nitrogens with zero attached hydrogens (tertiary/aromatic N) is 3. The maximum Gasteiger partial charge on any atom is 0.270 e. The van der Waals surface area contributed by atoms with Crippen molar-refractivity contribution in [3.05, 3.63) is 101 Å². The van der Waals surface area contributed by atoms with E-state index in [1.807, 2.05) is 49.4 Å². The molecule has 1 N–H and O–H groups in total. The second-order valence-electron chi connectivity index (χ2n) is 7.92. The first-order valence-electron chi connectivity index (χ1n) is 10.4. The highest BCUT2D eigenvalue weighted by Gasteiger charge is 2.19. The number of hydrogen-bond donors (Lipinski definition) is 1. The van der Waals surface area contributed by atoms with Crippen molar-refractivity contribution in [2.75, 3.05) is 0 Å². The van der Waals surface area contributed by atoms with Crippen LogP contribution in [0.5, 0.6) is 0 Å². The van der Waals surface area contributed by atoms with Crippen LogP contribution in [0.25, 0.3) is 16.9 Å². The molecular weight excluding hydrogens is 384 g/mol. The fraction of sp³-hybridized carbons (Fsp3) is 0.192. The van der Waals surface area contributed by atoms with Crippen LogP contribution in [-0.4, -0.2) is 20.7 Å². The minimum absolute atomic E-state index is 0.187. The van der Waals surface area contributed by atoms with Crippen molar-refractivity contribution in [1.82, 2.24) is 20.1 Å². The van der Waals surface area contributed by atoms with E-state index in [2.05, 4.69) is 49.3 Å². The maximum atomic E-state index is 13.2.